The van der Waals surface area contributed by atoms with Crippen LogP contribution in [0.3, 0.4) is 0 Å². The number of carboxylic acid groups (broad SMARTS) is 2. The lowest BCUT2D eigenvalue weighted by Gasteiger charge is -2.52. The van der Waals surface area contributed by atoms with Crippen molar-refractivity contribution >= 4 is 35.6 Å². The number of aliphatic carboxylic acids is 2. The van der Waals surface area contributed by atoms with Gasteiger partial charge in [-0.05, 0) is 12.8 Å². The van der Waals surface area contributed by atoms with Gasteiger partial charge in [-0.25, -0.2) is 4.79 Å². The van der Waals surface area contributed by atoms with Gasteiger partial charge in [0.2, 0.25) is 5.91 Å². The summed E-state index contributed by atoms with van der Waals surface area (Å²) in [5.41, 5.74) is 6.13. The van der Waals surface area contributed by atoms with E-state index >= 15 is 0 Å². The van der Waals surface area contributed by atoms with E-state index in [2.05, 4.69) is 5.32 Å². The van der Waals surface area contributed by atoms with Crippen molar-refractivity contribution in [3.63, 3.8) is 0 Å². The highest BCUT2D eigenvalue weighted by atomic mass is 32.2. The molecule has 1 saturated heterocycles. The van der Waals surface area contributed by atoms with Gasteiger partial charge < -0.3 is 30.9 Å². The summed E-state index contributed by atoms with van der Waals surface area (Å²) < 4.78 is 4.94. The quantitative estimate of drug-likeness (QED) is 0.262. The van der Waals surface area contributed by atoms with Crippen molar-refractivity contribution in [3.05, 3.63) is 11.3 Å². The monoisotopic (exact) mass is 429 g/mol. The second-order valence-corrected chi connectivity index (χ2v) is 8.21. The number of carbonyl (C=O) groups excluding carboxylic acids is 2. The average molecular weight is 429 g/mol. The predicted octanol–water partition coefficient (Wildman–Crippen LogP) is 0.124. The molecule has 10 nitrogen and oxygen atoms in total. The Balaban J connectivity index is 1.76. The van der Waals surface area contributed by atoms with Crippen molar-refractivity contribution in [2.45, 2.75) is 56.5 Å². The lowest BCUT2D eigenvalue weighted by Crippen LogP contribution is -2.66. The molecule has 5 N–H and O–H groups in total. The molecule has 0 spiro atoms. The zero-order valence-electron chi connectivity index (χ0n) is 16.3. The van der Waals surface area contributed by atoms with E-state index in [9.17, 15) is 24.3 Å². The normalized spacial score (nSPS) is 21.7. The Morgan fingerprint density at radius 3 is 2.62 bits per heavy atom. The molecule has 2 heterocycles. The highest BCUT2D eigenvalue weighted by Gasteiger charge is 2.46. The third kappa shape index (κ3) is 6.36. The average Bonchev–Trinajstić information content (AvgIpc) is 2.63. The Morgan fingerprint density at radius 2 is 2.00 bits per heavy atom. The van der Waals surface area contributed by atoms with Gasteiger partial charge in [-0.2, -0.15) is 0 Å². The molecule has 0 bridgehead atoms. The van der Waals surface area contributed by atoms with Crippen molar-refractivity contribution in [2.75, 3.05) is 18.9 Å². The minimum absolute atomic E-state index is 0.0459. The Labute approximate surface area is 172 Å². The van der Waals surface area contributed by atoms with Crippen LogP contribution in [0.2, 0.25) is 0 Å². The summed E-state index contributed by atoms with van der Waals surface area (Å²) in [6.45, 7) is 1.62. The van der Waals surface area contributed by atoms with Crippen molar-refractivity contribution in [2.24, 2.45) is 5.73 Å². The second-order valence-electron chi connectivity index (χ2n) is 7.11. The lowest BCUT2D eigenvalue weighted by molar-refractivity contribution is -0.141. The number of hydrogen-bond donors (Lipinski definition) is 4. The first-order chi connectivity index (χ1) is 13.7. The van der Waals surface area contributed by atoms with Gasteiger partial charge >= 0.3 is 17.9 Å². The molecule has 1 fully saturated rings. The molecule has 2 unspecified atom stereocenters. The molecule has 0 aliphatic carbocycles. The zero-order chi connectivity index (χ0) is 21.6. The van der Waals surface area contributed by atoms with Gasteiger partial charge in [0.05, 0.1) is 11.4 Å². The number of esters is 1. The molecule has 1 amide bonds. The van der Waals surface area contributed by atoms with Crippen molar-refractivity contribution in [3.8, 4) is 0 Å². The minimum atomic E-state index is -1.07. The van der Waals surface area contributed by atoms with Crippen LogP contribution < -0.4 is 11.1 Å². The molecule has 29 heavy (non-hydrogen) atoms. The first-order valence-electron chi connectivity index (χ1n) is 9.45. The highest BCUT2D eigenvalue weighted by molar-refractivity contribution is 8.00. The molecule has 2 aliphatic rings. The maximum atomic E-state index is 12.1. The third-order valence-corrected chi connectivity index (χ3v) is 6.27. The maximum absolute atomic E-state index is 12.1. The standard InChI is InChI=1S/C18H27N3O7S/c1-10(22)28-8-11-9-29-16-13(7-21(16)15(11)18(26)27)20-14(23)6-4-2-3-5-12(19)17(24)25/h12-13,16H,2-9,19H2,1H3,(H,20,23)(H,24,25)(H,26,27)/t12?,13-,16?/m1/s1. The number of nitrogens with two attached hydrogens (primary N) is 1. The predicted molar refractivity (Wildman–Crippen MR) is 105 cm³/mol. The van der Waals surface area contributed by atoms with E-state index < -0.39 is 23.9 Å². The van der Waals surface area contributed by atoms with E-state index in [1.54, 1.807) is 4.90 Å². The van der Waals surface area contributed by atoms with Gasteiger partial charge in [0.25, 0.3) is 0 Å². The highest BCUT2D eigenvalue weighted by Crippen LogP contribution is 2.39. The van der Waals surface area contributed by atoms with Crippen molar-refractivity contribution in [1.29, 1.82) is 0 Å². The largest absolute Gasteiger partial charge is 0.480 e. The fraction of sp³-hybridized carbons (Fsp3) is 0.667. The Morgan fingerprint density at radius 1 is 1.28 bits per heavy atom. The number of nitrogens with one attached hydrogen (secondary N) is 1. The van der Waals surface area contributed by atoms with E-state index in [1.165, 1.54) is 18.7 Å². The first-order valence-corrected chi connectivity index (χ1v) is 10.5. The smallest absolute Gasteiger partial charge is 0.352 e. The van der Waals surface area contributed by atoms with E-state index in [0.29, 0.717) is 43.6 Å². The molecule has 162 valence electrons. The van der Waals surface area contributed by atoms with Crippen LogP contribution in [0.15, 0.2) is 11.3 Å². The van der Waals surface area contributed by atoms with E-state index in [-0.39, 0.29) is 29.6 Å². The molecular formula is C18H27N3O7S. The number of nitrogens with zero attached hydrogens (tertiary/aromatic N) is 1. The van der Waals surface area contributed by atoms with Gasteiger partial charge in [0.1, 0.15) is 18.3 Å². The maximum Gasteiger partial charge on any atom is 0.352 e. The van der Waals surface area contributed by atoms with Crippen LogP contribution in [-0.2, 0) is 23.9 Å². The summed E-state index contributed by atoms with van der Waals surface area (Å²) >= 11 is 1.51. The Hall–Kier alpha value is -2.27. The Bertz CT molecular complexity index is 697. The fourth-order valence-corrected chi connectivity index (χ4v) is 4.64. The van der Waals surface area contributed by atoms with Gasteiger partial charge in [-0.3, -0.25) is 14.4 Å². The zero-order valence-corrected chi connectivity index (χ0v) is 17.1. The second kappa shape index (κ2) is 10.5. The number of carbonyl (C=O) groups is 4. The van der Waals surface area contributed by atoms with Crippen LogP contribution in [0.4, 0.5) is 0 Å². The molecule has 2 rings (SSSR count). The summed E-state index contributed by atoms with van der Waals surface area (Å²) in [6, 6.07) is -1.01. The number of amides is 1. The third-order valence-electron chi connectivity index (χ3n) is 4.83. The molecule has 2 aliphatic heterocycles. The van der Waals surface area contributed by atoms with Crippen molar-refractivity contribution < 1.29 is 34.1 Å². The van der Waals surface area contributed by atoms with Gasteiger partial charge in [-0.15, -0.1) is 11.8 Å². The lowest BCUT2D eigenvalue weighted by atomic mass is 10.0. The summed E-state index contributed by atoms with van der Waals surface area (Å²) in [5.74, 6) is -2.24. The molecular weight excluding hydrogens is 402 g/mol. The van der Waals surface area contributed by atoms with Crippen LogP contribution >= 0.6 is 11.8 Å². The first kappa shape index (κ1) is 23.0. The number of fused-ring (bicyclic) bond motifs is 1. The van der Waals surface area contributed by atoms with Crippen LogP contribution in [0, 0.1) is 0 Å². The number of hydrogen-bond acceptors (Lipinski definition) is 8. The van der Waals surface area contributed by atoms with Crippen LogP contribution in [-0.4, -0.2) is 75.3 Å². The molecule has 0 aromatic rings. The van der Waals surface area contributed by atoms with Gasteiger partial charge in [0.15, 0.2) is 0 Å². The van der Waals surface area contributed by atoms with Crippen LogP contribution in [0.5, 0.6) is 0 Å². The molecule has 0 aromatic carbocycles. The minimum Gasteiger partial charge on any atom is -0.480 e. The number of ether oxygens (including phenoxy) is 1. The molecule has 11 heteroatoms. The van der Waals surface area contributed by atoms with E-state index in [0.717, 1.165) is 6.42 Å². The Kier molecular flexibility index (Phi) is 8.32. The molecule has 3 atom stereocenters. The van der Waals surface area contributed by atoms with E-state index in [1.807, 2.05) is 0 Å². The molecule has 0 aromatic heterocycles. The summed E-state index contributed by atoms with van der Waals surface area (Å²) in [4.78, 5) is 47.1. The summed E-state index contributed by atoms with van der Waals surface area (Å²) in [7, 11) is 0. The van der Waals surface area contributed by atoms with Gasteiger partial charge in [0, 0.05) is 31.2 Å². The summed E-state index contributed by atoms with van der Waals surface area (Å²) in [6.07, 6.45) is 2.71. The number of thioether (sulfide) groups is 1. The van der Waals surface area contributed by atoms with E-state index in [4.69, 9.17) is 15.6 Å². The molecule has 0 saturated carbocycles. The van der Waals surface area contributed by atoms with Crippen LogP contribution in [0.25, 0.3) is 0 Å². The van der Waals surface area contributed by atoms with Gasteiger partial charge in [-0.1, -0.05) is 12.8 Å². The summed E-state index contributed by atoms with van der Waals surface area (Å²) in [5, 5.41) is 21.0. The number of rotatable bonds is 11. The SMILES string of the molecule is CC(=O)OCC1=C(C(=O)O)N2C[C@@H](NC(=O)CCCCCC(N)C(=O)O)C2SC1. The number of unbranched alkanes of at least 4 members (excludes halogenated alkanes) is 2. The van der Waals surface area contributed by atoms with Crippen molar-refractivity contribution in [1.82, 2.24) is 10.2 Å². The number of carboxylic acids is 2. The molecule has 0 radical (unpaired) electrons. The van der Waals surface area contributed by atoms with Crippen LogP contribution in [0.1, 0.15) is 39.0 Å². The fourth-order valence-electron chi connectivity index (χ4n) is 3.29. The topological polar surface area (TPSA) is 159 Å².